The second-order valence-corrected chi connectivity index (χ2v) is 8.27. The summed E-state index contributed by atoms with van der Waals surface area (Å²) in [4.78, 5) is 15.6. The maximum atomic E-state index is 13.6. The molecule has 29 heavy (non-hydrogen) atoms. The first-order valence-corrected chi connectivity index (χ1v) is 10.5. The molecular formula is C24H25N3O2. The van der Waals surface area contributed by atoms with Gasteiger partial charge in [0.25, 0.3) is 5.91 Å². The summed E-state index contributed by atoms with van der Waals surface area (Å²) < 4.78 is 0. The average Bonchev–Trinajstić information content (AvgIpc) is 2.79. The van der Waals surface area contributed by atoms with Crippen LogP contribution >= 0.6 is 0 Å². The van der Waals surface area contributed by atoms with Crippen molar-refractivity contribution in [3.63, 3.8) is 0 Å². The van der Waals surface area contributed by atoms with Gasteiger partial charge in [-0.25, -0.2) is 0 Å². The number of hydrogen-bond donors (Lipinski definition) is 1. The minimum atomic E-state index is -0.873. The topological polar surface area (TPSA) is 66.3 Å². The highest BCUT2D eigenvalue weighted by molar-refractivity contribution is 6.05. The summed E-state index contributed by atoms with van der Waals surface area (Å²) >= 11 is 0. The van der Waals surface area contributed by atoms with Crippen molar-refractivity contribution in [2.45, 2.75) is 43.7 Å². The lowest BCUT2D eigenvalue weighted by Crippen LogP contribution is -2.59. The highest BCUT2D eigenvalue weighted by Crippen LogP contribution is 2.47. The molecular weight excluding hydrogens is 362 g/mol. The Morgan fingerprint density at radius 3 is 2.66 bits per heavy atom. The molecule has 1 aliphatic heterocycles. The van der Waals surface area contributed by atoms with E-state index in [-0.39, 0.29) is 17.9 Å². The monoisotopic (exact) mass is 387 g/mol. The third-order valence-electron chi connectivity index (χ3n) is 6.79. The lowest BCUT2D eigenvalue weighted by atomic mass is 9.66. The van der Waals surface area contributed by atoms with E-state index in [4.69, 9.17) is 0 Å². The molecule has 3 unspecified atom stereocenters. The summed E-state index contributed by atoms with van der Waals surface area (Å²) in [5, 5.41) is 20.8. The summed E-state index contributed by atoms with van der Waals surface area (Å²) in [5.41, 5.74) is 1.43. The Balaban J connectivity index is 1.52. The van der Waals surface area contributed by atoms with E-state index in [0.29, 0.717) is 18.5 Å². The van der Waals surface area contributed by atoms with Crippen molar-refractivity contribution in [2.24, 2.45) is 5.92 Å². The number of carbonyl (C=O) groups is 1. The number of amides is 1. The molecule has 1 aromatic heterocycles. The normalized spacial score (nSPS) is 26.9. The number of rotatable bonds is 2. The Labute approximate surface area is 170 Å². The molecule has 1 N–H and O–H groups in total. The van der Waals surface area contributed by atoms with Crippen LogP contribution < -0.4 is 0 Å². The standard InChI is InChI=1S/C24H25N3O2/c28-23(19-16-25-26-21-12-6-4-10-18(19)21)27-15-14-24(29,17-8-2-1-3-9-17)20-11-5-7-13-22(20)27/h1-4,6,8-10,12,16,20,22,29H,5,7,11,13-15H2. The van der Waals surface area contributed by atoms with Gasteiger partial charge in [-0.15, -0.1) is 0 Å². The van der Waals surface area contributed by atoms with Gasteiger partial charge in [0.05, 0.1) is 22.9 Å². The van der Waals surface area contributed by atoms with E-state index in [1.807, 2.05) is 59.5 Å². The van der Waals surface area contributed by atoms with Gasteiger partial charge in [0.15, 0.2) is 0 Å². The predicted molar refractivity (Wildman–Crippen MR) is 111 cm³/mol. The van der Waals surface area contributed by atoms with E-state index in [1.54, 1.807) is 6.20 Å². The fraction of sp³-hybridized carbons (Fsp3) is 0.375. The van der Waals surface area contributed by atoms with E-state index < -0.39 is 5.60 Å². The van der Waals surface area contributed by atoms with Crippen LogP contribution in [0.25, 0.3) is 10.9 Å². The van der Waals surface area contributed by atoms with E-state index >= 15 is 0 Å². The molecule has 3 aromatic rings. The molecule has 3 atom stereocenters. The Hall–Kier alpha value is -2.79. The third-order valence-corrected chi connectivity index (χ3v) is 6.79. The number of benzene rings is 2. The minimum Gasteiger partial charge on any atom is -0.385 e. The van der Waals surface area contributed by atoms with Crippen molar-refractivity contribution in [1.82, 2.24) is 15.1 Å². The SMILES string of the molecule is O=C(c1cnnc2ccccc12)N1CCC(O)(c2ccccc2)C2CCCCC21. The molecule has 2 heterocycles. The van der Waals surface area contributed by atoms with Gasteiger partial charge in [0, 0.05) is 23.9 Å². The van der Waals surface area contributed by atoms with Gasteiger partial charge in [0.2, 0.25) is 0 Å². The van der Waals surface area contributed by atoms with Crippen molar-refractivity contribution in [3.05, 3.63) is 71.9 Å². The maximum Gasteiger partial charge on any atom is 0.256 e. The maximum absolute atomic E-state index is 13.6. The Bertz CT molecular complexity index is 1030. The number of likely N-dealkylation sites (tertiary alicyclic amines) is 1. The van der Waals surface area contributed by atoms with Gasteiger partial charge < -0.3 is 10.0 Å². The molecule has 5 rings (SSSR count). The molecule has 5 nitrogen and oxygen atoms in total. The molecule has 1 amide bonds. The van der Waals surface area contributed by atoms with Crippen molar-refractivity contribution in [1.29, 1.82) is 0 Å². The number of nitrogens with zero attached hydrogens (tertiary/aromatic N) is 3. The number of piperidine rings is 1. The van der Waals surface area contributed by atoms with E-state index in [9.17, 15) is 9.90 Å². The molecule has 148 valence electrons. The number of hydrogen-bond acceptors (Lipinski definition) is 4. The number of aromatic nitrogens is 2. The van der Waals surface area contributed by atoms with Crippen LogP contribution in [0, 0.1) is 5.92 Å². The van der Waals surface area contributed by atoms with Crippen molar-refractivity contribution in [2.75, 3.05) is 6.54 Å². The van der Waals surface area contributed by atoms with Crippen molar-refractivity contribution in [3.8, 4) is 0 Å². The zero-order chi connectivity index (χ0) is 19.8. The van der Waals surface area contributed by atoms with Gasteiger partial charge in [-0.1, -0.05) is 61.4 Å². The second kappa shape index (κ2) is 7.23. The second-order valence-electron chi connectivity index (χ2n) is 8.27. The summed E-state index contributed by atoms with van der Waals surface area (Å²) in [5.74, 6) is 0.0560. The van der Waals surface area contributed by atoms with Gasteiger partial charge in [-0.2, -0.15) is 10.2 Å². The first-order chi connectivity index (χ1) is 14.2. The molecule has 2 aromatic carbocycles. The zero-order valence-corrected chi connectivity index (χ0v) is 16.4. The average molecular weight is 387 g/mol. The van der Waals surface area contributed by atoms with Crippen molar-refractivity contribution < 1.29 is 9.90 Å². The largest absolute Gasteiger partial charge is 0.385 e. The van der Waals surface area contributed by atoms with Crippen LogP contribution in [0.4, 0.5) is 0 Å². The van der Waals surface area contributed by atoms with Gasteiger partial charge >= 0.3 is 0 Å². The predicted octanol–water partition coefficient (Wildman–Crippen LogP) is 3.92. The minimum absolute atomic E-state index is 0.00288. The smallest absolute Gasteiger partial charge is 0.256 e. The lowest BCUT2D eigenvalue weighted by Gasteiger charge is -2.52. The highest BCUT2D eigenvalue weighted by atomic mass is 16.3. The fourth-order valence-corrected chi connectivity index (χ4v) is 5.35. The van der Waals surface area contributed by atoms with Crippen LogP contribution in [0.15, 0.2) is 60.8 Å². The molecule has 1 saturated heterocycles. The van der Waals surface area contributed by atoms with Crippen LogP contribution in [-0.4, -0.2) is 38.7 Å². The van der Waals surface area contributed by atoms with Gasteiger partial charge in [0.1, 0.15) is 0 Å². The van der Waals surface area contributed by atoms with Crippen LogP contribution in [0.3, 0.4) is 0 Å². The van der Waals surface area contributed by atoms with E-state index in [2.05, 4.69) is 10.2 Å². The van der Waals surface area contributed by atoms with Crippen molar-refractivity contribution >= 4 is 16.8 Å². The molecule has 2 fully saturated rings. The molecule has 1 saturated carbocycles. The van der Waals surface area contributed by atoms with Gasteiger partial charge in [-0.05, 0) is 30.9 Å². The lowest BCUT2D eigenvalue weighted by molar-refractivity contribution is -0.110. The Morgan fingerprint density at radius 1 is 1.03 bits per heavy atom. The quantitative estimate of drug-likeness (QED) is 0.724. The number of fused-ring (bicyclic) bond motifs is 2. The van der Waals surface area contributed by atoms with Gasteiger partial charge in [-0.3, -0.25) is 4.79 Å². The van der Waals surface area contributed by atoms with Crippen LogP contribution in [0.5, 0.6) is 0 Å². The third kappa shape index (κ3) is 3.01. The van der Waals surface area contributed by atoms with Crippen LogP contribution in [-0.2, 0) is 5.60 Å². The summed E-state index contributed by atoms with van der Waals surface area (Å²) in [6.45, 7) is 0.544. The number of carbonyl (C=O) groups excluding carboxylic acids is 1. The first kappa shape index (κ1) is 18.3. The zero-order valence-electron chi connectivity index (χ0n) is 16.4. The Morgan fingerprint density at radius 2 is 1.79 bits per heavy atom. The molecule has 0 spiro atoms. The van der Waals surface area contributed by atoms with Crippen LogP contribution in [0.2, 0.25) is 0 Å². The van der Waals surface area contributed by atoms with E-state index in [1.165, 1.54) is 0 Å². The molecule has 1 aliphatic carbocycles. The highest BCUT2D eigenvalue weighted by Gasteiger charge is 2.50. The first-order valence-electron chi connectivity index (χ1n) is 10.5. The Kier molecular flexibility index (Phi) is 4.55. The fourth-order valence-electron chi connectivity index (χ4n) is 5.35. The summed E-state index contributed by atoms with van der Waals surface area (Å²) in [6, 6.07) is 17.7. The molecule has 5 heteroatoms. The summed E-state index contributed by atoms with van der Waals surface area (Å²) in [6.07, 6.45) is 6.20. The molecule has 0 radical (unpaired) electrons. The summed E-state index contributed by atoms with van der Waals surface area (Å²) in [7, 11) is 0. The van der Waals surface area contributed by atoms with Crippen LogP contribution in [0.1, 0.15) is 48.0 Å². The molecule has 2 aliphatic rings. The van der Waals surface area contributed by atoms with E-state index in [0.717, 1.165) is 42.1 Å². The number of aliphatic hydroxyl groups is 1. The molecule has 0 bridgehead atoms.